The zero-order valence-electron chi connectivity index (χ0n) is 14.7. The van der Waals surface area contributed by atoms with Crippen molar-refractivity contribution in [3.63, 3.8) is 0 Å². The number of aryl methyl sites for hydroxylation is 1. The molecule has 3 aromatic rings. The van der Waals surface area contributed by atoms with E-state index in [4.69, 9.17) is 0 Å². The summed E-state index contributed by atoms with van der Waals surface area (Å²) in [5.41, 5.74) is 2.77. The highest BCUT2D eigenvalue weighted by atomic mass is 19.1. The van der Waals surface area contributed by atoms with E-state index in [0.29, 0.717) is 11.3 Å². The van der Waals surface area contributed by atoms with E-state index >= 15 is 0 Å². The van der Waals surface area contributed by atoms with Crippen LogP contribution in [-0.2, 0) is 4.79 Å². The van der Waals surface area contributed by atoms with Gasteiger partial charge < -0.3 is 10.3 Å². The second-order valence-electron chi connectivity index (χ2n) is 6.32. The number of nitrogens with zero attached hydrogens (tertiary/aromatic N) is 1. The summed E-state index contributed by atoms with van der Waals surface area (Å²) in [5, 5.41) is 3.51. The van der Waals surface area contributed by atoms with Crippen molar-refractivity contribution in [1.82, 2.24) is 9.88 Å². The maximum absolute atomic E-state index is 13.2. The Labute approximate surface area is 150 Å². The number of amides is 1. The van der Waals surface area contributed by atoms with Crippen molar-refractivity contribution in [2.45, 2.75) is 6.92 Å². The second kappa shape index (κ2) is 7.49. The van der Waals surface area contributed by atoms with Gasteiger partial charge in [0, 0.05) is 27.8 Å². The molecule has 0 aliphatic heterocycles. The molecule has 6 heteroatoms. The van der Waals surface area contributed by atoms with Gasteiger partial charge in [0.1, 0.15) is 5.82 Å². The number of aromatic amines is 1. The van der Waals surface area contributed by atoms with Gasteiger partial charge in [0.15, 0.2) is 5.78 Å². The minimum absolute atomic E-state index is 0.0314. The largest absolute Gasteiger partial charge is 0.358 e. The molecule has 2 N–H and O–H groups in total. The molecule has 134 valence electrons. The fourth-order valence-corrected chi connectivity index (χ4v) is 3.03. The Kier molecular flexibility index (Phi) is 5.14. The minimum Gasteiger partial charge on any atom is -0.358 e. The van der Waals surface area contributed by atoms with Crippen LogP contribution >= 0.6 is 0 Å². The Morgan fingerprint density at radius 2 is 1.88 bits per heavy atom. The molecule has 2 aromatic carbocycles. The molecule has 0 atom stereocenters. The van der Waals surface area contributed by atoms with Crippen molar-refractivity contribution in [2.24, 2.45) is 0 Å². The fraction of sp³-hybridized carbons (Fsp3) is 0.200. The molecule has 1 amide bonds. The van der Waals surface area contributed by atoms with Crippen LogP contribution in [0.4, 0.5) is 10.1 Å². The number of hydrogen-bond donors (Lipinski definition) is 2. The molecule has 0 radical (unpaired) electrons. The van der Waals surface area contributed by atoms with Crippen LogP contribution in [0.3, 0.4) is 0 Å². The summed E-state index contributed by atoms with van der Waals surface area (Å²) in [5.74, 6) is -0.774. The molecule has 0 spiro atoms. The molecular formula is C20H20FN3O2. The van der Waals surface area contributed by atoms with Crippen molar-refractivity contribution in [1.29, 1.82) is 0 Å². The lowest BCUT2D eigenvalue weighted by Crippen LogP contribution is -2.34. The SMILES string of the molecule is Cc1[nH]c2ccccc2c1C(=O)CN(C)CC(=O)Nc1cccc(F)c1. The number of nitrogens with one attached hydrogen (secondary N) is 2. The summed E-state index contributed by atoms with van der Waals surface area (Å²) in [6.45, 7) is 2.01. The molecule has 0 saturated carbocycles. The molecule has 1 aromatic heterocycles. The lowest BCUT2D eigenvalue weighted by atomic mass is 10.1. The smallest absolute Gasteiger partial charge is 0.238 e. The van der Waals surface area contributed by atoms with Crippen LogP contribution in [0.2, 0.25) is 0 Å². The first-order valence-electron chi connectivity index (χ1n) is 8.28. The number of benzene rings is 2. The second-order valence-corrected chi connectivity index (χ2v) is 6.32. The third-order valence-electron chi connectivity index (χ3n) is 4.11. The Balaban J connectivity index is 1.63. The van der Waals surface area contributed by atoms with Crippen molar-refractivity contribution >= 4 is 28.3 Å². The van der Waals surface area contributed by atoms with Gasteiger partial charge >= 0.3 is 0 Å². The average molecular weight is 353 g/mol. The maximum atomic E-state index is 13.2. The van der Waals surface area contributed by atoms with E-state index in [0.717, 1.165) is 16.6 Å². The lowest BCUT2D eigenvalue weighted by molar-refractivity contribution is -0.116. The van der Waals surface area contributed by atoms with Gasteiger partial charge in [-0.25, -0.2) is 4.39 Å². The molecule has 0 fully saturated rings. The number of fused-ring (bicyclic) bond motifs is 1. The first kappa shape index (κ1) is 17.8. The van der Waals surface area contributed by atoms with E-state index in [1.54, 1.807) is 18.0 Å². The number of hydrogen-bond acceptors (Lipinski definition) is 3. The number of H-pyrrole nitrogens is 1. The number of halogens is 1. The number of likely N-dealkylation sites (N-methyl/N-ethyl adjacent to an activating group) is 1. The highest BCUT2D eigenvalue weighted by Gasteiger charge is 2.18. The molecule has 3 rings (SSSR count). The van der Waals surface area contributed by atoms with Crippen LogP contribution in [0.25, 0.3) is 10.9 Å². The van der Waals surface area contributed by atoms with Gasteiger partial charge in [-0.2, -0.15) is 0 Å². The first-order valence-corrected chi connectivity index (χ1v) is 8.28. The summed E-state index contributed by atoms with van der Waals surface area (Å²) in [7, 11) is 1.70. The van der Waals surface area contributed by atoms with E-state index < -0.39 is 5.82 Å². The van der Waals surface area contributed by atoms with Gasteiger partial charge in [-0.3, -0.25) is 14.5 Å². The normalized spacial score (nSPS) is 11.1. The number of rotatable bonds is 6. The molecule has 0 unspecified atom stereocenters. The Morgan fingerprint density at radius 3 is 2.65 bits per heavy atom. The van der Waals surface area contributed by atoms with Crippen molar-refractivity contribution < 1.29 is 14.0 Å². The van der Waals surface area contributed by atoms with Crippen molar-refractivity contribution in [2.75, 3.05) is 25.5 Å². The third-order valence-corrected chi connectivity index (χ3v) is 4.11. The first-order chi connectivity index (χ1) is 12.4. The van der Waals surface area contributed by atoms with Crippen LogP contribution in [-0.4, -0.2) is 41.7 Å². The third kappa shape index (κ3) is 3.97. The van der Waals surface area contributed by atoms with Gasteiger partial charge in [0.25, 0.3) is 0 Å². The number of Topliss-reactive ketones (excluding diaryl/α,β-unsaturated/α-hetero) is 1. The predicted octanol–water partition coefficient (Wildman–Crippen LogP) is 3.37. The molecule has 0 bridgehead atoms. The Morgan fingerprint density at radius 1 is 1.12 bits per heavy atom. The summed E-state index contributed by atoms with van der Waals surface area (Å²) in [4.78, 5) is 29.6. The quantitative estimate of drug-likeness (QED) is 0.668. The fourth-order valence-electron chi connectivity index (χ4n) is 3.03. The van der Waals surface area contributed by atoms with E-state index in [1.807, 2.05) is 31.2 Å². The summed E-state index contributed by atoms with van der Waals surface area (Å²) < 4.78 is 13.2. The number of carbonyl (C=O) groups is 2. The predicted molar refractivity (Wildman–Crippen MR) is 99.9 cm³/mol. The zero-order valence-corrected chi connectivity index (χ0v) is 14.7. The summed E-state index contributed by atoms with van der Waals surface area (Å²) in [6, 6.07) is 13.3. The molecule has 0 aliphatic rings. The zero-order chi connectivity index (χ0) is 18.7. The van der Waals surface area contributed by atoms with Crippen molar-refractivity contribution in [3.8, 4) is 0 Å². The van der Waals surface area contributed by atoms with Crippen LogP contribution in [0.1, 0.15) is 16.1 Å². The lowest BCUT2D eigenvalue weighted by Gasteiger charge is -2.15. The molecule has 0 saturated heterocycles. The standard InChI is InChI=1S/C20H20FN3O2/c1-13-20(16-8-3-4-9-17(16)22-13)18(25)11-24(2)12-19(26)23-15-7-5-6-14(21)10-15/h3-10,22H,11-12H2,1-2H3,(H,23,26). The van der Waals surface area contributed by atoms with E-state index in [-0.39, 0.29) is 24.8 Å². The molecule has 5 nitrogen and oxygen atoms in total. The van der Waals surface area contributed by atoms with Crippen LogP contribution in [0, 0.1) is 12.7 Å². The Hall–Kier alpha value is -2.99. The van der Waals surface area contributed by atoms with Gasteiger partial charge in [0.2, 0.25) is 5.91 Å². The number of para-hydroxylation sites is 1. The summed E-state index contributed by atoms with van der Waals surface area (Å²) in [6.07, 6.45) is 0. The molecule has 26 heavy (non-hydrogen) atoms. The molecule has 0 aliphatic carbocycles. The number of aromatic nitrogens is 1. The van der Waals surface area contributed by atoms with Crippen LogP contribution in [0.15, 0.2) is 48.5 Å². The van der Waals surface area contributed by atoms with Crippen LogP contribution < -0.4 is 5.32 Å². The number of anilines is 1. The molecule has 1 heterocycles. The highest BCUT2D eigenvalue weighted by Crippen LogP contribution is 2.22. The van der Waals surface area contributed by atoms with Gasteiger partial charge in [0.05, 0.1) is 13.1 Å². The van der Waals surface area contributed by atoms with E-state index in [2.05, 4.69) is 10.3 Å². The maximum Gasteiger partial charge on any atom is 0.238 e. The van der Waals surface area contributed by atoms with Gasteiger partial charge in [-0.1, -0.05) is 24.3 Å². The Bertz CT molecular complexity index is 965. The van der Waals surface area contributed by atoms with Crippen LogP contribution in [0.5, 0.6) is 0 Å². The number of carbonyl (C=O) groups excluding carboxylic acids is 2. The van der Waals surface area contributed by atoms with Gasteiger partial charge in [-0.15, -0.1) is 0 Å². The topological polar surface area (TPSA) is 65.2 Å². The van der Waals surface area contributed by atoms with E-state index in [1.165, 1.54) is 18.2 Å². The monoisotopic (exact) mass is 353 g/mol. The highest BCUT2D eigenvalue weighted by molar-refractivity contribution is 6.10. The average Bonchev–Trinajstić information content (AvgIpc) is 2.90. The van der Waals surface area contributed by atoms with Gasteiger partial charge in [-0.05, 0) is 38.2 Å². The summed E-state index contributed by atoms with van der Waals surface area (Å²) >= 11 is 0. The van der Waals surface area contributed by atoms with Crippen molar-refractivity contribution in [3.05, 3.63) is 65.6 Å². The van der Waals surface area contributed by atoms with E-state index in [9.17, 15) is 14.0 Å². The molecular weight excluding hydrogens is 333 g/mol. The minimum atomic E-state index is -0.416. The number of ketones is 1.